The Morgan fingerprint density at radius 1 is 1.19 bits per heavy atom. The number of nitrogens with one attached hydrogen (secondary N) is 1. The number of hydrogen-bond donors (Lipinski definition) is 3. The first-order valence-electron chi connectivity index (χ1n) is 7.56. The van der Waals surface area contributed by atoms with E-state index in [1.807, 2.05) is 30.3 Å². The zero-order valence-corrected chi connectivity index (χ0v) is 12.6. The van der Waals surface area contributed by atoms with Crippen molar-refractivity contribution in [2.24, 2.45) is 5.41 Å². The molecule has 2 aromatic rings. The quantitative estimate of drug-likeness (QED) is 0.809. The lowest BCUT2D eigenvalue weighted by atomic mass is 9.64. The molecule has 0 aromatic heterocycles. The summed E-state index contributed by atoms with van der Waals surface area (Å²) in [6.07, 6.45) is -0.00628. The monoisotopic (exact) mass is 285 g/mol. The lowest BCUT2D eigenvalue weighted by Gasteiger charge is -2.50. The maximum absolute atomic E-state index is 10.4. The fourth-order valence-electron chi connectivity index (χ4n) is 3.04. The first-order valence-corrected chi connectivity index (χ1v) is 7.56. The van der Waals surface area contributed by atoms with Gasteiger partial charge in [-0.15, -0.1) is 0 Å². The number of benzene rings is 2. The Morgan fingerprint density at radius 3 is 2.57 bits per heavy atom. The summed E-state index contributed by atoms with van der Waals surface area (Å²) >= 11 is 0. The first kappa shape index (κ1) is 14.5. The van der Waals surface area contributed by atoms with Gasteiger partial charge < -0.3 is 15.5 Å². The molecule has 3 atom stereocenters. The maximum Gasteiger partial charge on any atom is 0.0914 e. The Labute approximate surface area is 125 Å². The predicted molar refractivity (Wildman–Crippen MR) is 85.1 cm³/mol. The van der Waals surface area contributed by atoms with E-state index in [0.717, 1.165) is 17.4 Å². The second-order valence-corrected chi connectivity index (χ2v) is 6.66. The second kappa shape index (κ2) is 5.41. The van der Waals surface area contributed by atoms with Crippen molar-refractivity contribution in [1.29, 1.82) is 0 Å². The van der Waals surface area contributed by atoms with Crippen molar-refractivity contribution in [3.8, 4) is 0 Å². The number of hydrogen-bond acceptors (Lipinski definition) is 3. The van der Waals surface area contributed by atoms with Crippen LogP contribution in [0.3, 0.4) is 0 Å². The third-order valence-corrected chi connectivity index (χ3v) is 4.93. The van der Waals surface area contributed by atoms with Crippen LogP contribution in [-0.2, 0) is 0 Å². The van der Waals surface area contributed by atoms with Crippen LogP contribution in [0.4, 0.5) is 0 Å². The van der Waals surface area contributed by atoms with E-state index < -0.39 is 6.10 Å². The molecule has 0 amide bonds. The van der Waals surface area contributed by atoms with Gasteiger partial charge >= 0.3 is 0 Å². The fourth-order valence-corrected chi connectivity index (χ4v) is 3.04. The molecule has 0 bridgehead atoms. The molecule has 3 nitrogen and oxygen atoms in total. The van der Waals surface area contributed by atoms with E-state index in [0.29, 0.717) is 6.54 Å². The van der Waals surface area contributed by atoms with Crippen molar-refractivity contribution in [2.45, 2.75) is 38.5 Å². The first-order chi connectivity index (χ1) is 9.98. The number of rotatable bonds is 4. The smallest absolute Gasteiger partial charge is 0.0914 e. The van der Waals surface area contributed by atoms with Crippen LogP contribution in [0.15, 0.2) is 42.5 Å². The van der Waals surface area contributed by atoms with Crippen LogP contribution in [-0.4, -0.2) is 28.9 Å². The number of fused-ring (bicyclic) bond motifs is 1. The van der Waals surface area contributed by atoms with E-state index in [-0.39, 0.29) is 17.6 Å². The number of aliphatic hydroxyl groups is 2. The van der Waals surface area contributed by atoms with Crippen molar-refractivity contribution < 1.29 is 10.2 Å². The molecule has 21 heavy (non-hydrogen) atoms. The van der Waals surface area contributed by atoms with Crippen LogP contribution < -0.4 is 5.32 Å². The molecular weight excluding hydrogens is 262 g/mol. The third-order valence-electron chi connectivity index (χ3n) is 4.93. The van der Waals surface area contributed by atoms with Crippen LogP contribution in [0.5, 0.6) is 0 Å². The van der Waals surface area contributed by atoms with Gasteiger partial charge in [-0.1, -0.05) is 50.2 Å². The predicted octanol–water partition coefficient (Wildman–Crippen LogP) is 2.62. The summed E-state index contributed by atoms with van der Waals surface area (Å²) in [5.41, 5.74) is 0.821. The Morgan fingerprint density at radius 2 is 1.90 bits per heavy atom. The highest BCUT2D eigenvalue weighted by Gasteiger charge is 2.46. The highest BCUT2D eigenvalue weighted by atomic mass is 16.3. The van der Waals surface area contributed by atoms with E-state index in [2.05, 4.69) is 31.3 Å². The van der Waals surface area contributed by atoms with Crippen LogP contribution >= 0.6 is 0 Å². The topological polar surface area (TPSA) is 52.5 Å². The fraction of sp³-hybridized carbons (Fsp3) is 0.444. The van der Waals surface area contributed by atoms with Gasteiger partial charge in [0.25, 0.3) is 0 Å². The summed E-state index contributed by atoms with van der Waals surface area (Å²) in [7, 11) is 0. The minimum absolute atomic E-state index is 0.108. The molecule has 1 aliphatic rings. The van der Waals surface area contributed by atoms with Gasteiger partial charge in [-0.2, -0.15) is 0 Å². The summed E-state index contributed by atoms with van der Waals surface area (Å²) in [5.74, 6) is 0. The standard InChI is InChI=1S/C18H23NO2/c1-18(2)16(10-17(18)21)19-11-15(20)14-8-7-12-5-3-4-6-13(12)9-14/h3-9,15-17,19-21H,10-11H2,1-2H3. The molecule has 0 saturated heterocycles. The molecule has 0 radical (unpaired) electrons. The van der Waals surface area contributed by atoms with Gasteiger partial charge in [0.05, 0.1) is 12.2 Å². The third kappa shape index (κ3) is 2.69. The zero-order valence-electron chi connectivity index (χ0n) is 12.6. The summed E-state index contributed by atoms with van der Waals surface area (Å²) in [6, 6.07) is 14.5. The Balaban J connectivity index is 1.66. The van der Waals surface area contributed by atoms with Gasteiger partial charge in [0.2, 0.25) is 0 Å². The molecule has 3 unspecified atom stereocenters. The van der Waals surface area contributed by atoms with E-state index in [1.54, 1.807) is 0 Å². The average molecular weight is 285 g/mol. The summed E-state index contributed by atoms with van der Waals surface area (Å²) in [5, 5.41) is 25.8. The number of aliphatic hydroxyl groups excluding tert-OH is 2. The van der Waals surface area contributed by atoms with Crippen LogP contribution in [0.25, 0.3) is 10.8 Å². The SMILES string of the molecule is CC1(C)C(O)CC1NCC(O)c1ccc2ccccc2c1. The largest absolute Gasteiger partial charge is 0.392 e. The molecule has 0 aliphatic heterocycles. The zero-order chi connectivity index (χ0) is 15.0. The van der Waals surface area contributed by atoms with Gasteiger partial charge in [0, 0.05) is 18.0 Å². The van der Waals surface area contributed by atoms with Crippen LogP contribution in [0.2, 0.25) is 0 Å². The summed E-state index contributed by atoms with van der Waals surface area (Å²) < 4.78 is 0. The van der Waals surface area contributed by atoms with Crippen molar-refractivity contribution in [3.05, 3.63) is 48.0 Å². The molecule has 3 N–H and O–H groups in total. The van der Waals surface area contributed by atoms with Gasteiger partial charge in [0.1, 0.15) is 0 Å². The lowest BCUT2D eigenvalue weighted by Crippen LogP contribution is -2.60. The maximum atomic E-state index is 10.4. The minimum atomic E-state index is -0.525. The van der Waals surface area contributed by atoms with Crippen LogP contribution in [0, 0.1) is 5.41 Å². The molecule has 0 heterocycles. The molecule has 1 fully saturated rings. The van der Waals surface area contributed by atoms with E-state index in [9.17, 15) is 10.2 Å². The second-order valence-electron chi connectivity index (χ2n) is 6.66. The molecule has 0 spiro atoms. The van der Waals surface area contributed by atoms with Crippen LogP contribution in [0.1, 0.15) is 31.9 Å². The Bertz CT molecular complexity index is 638. The molecule has 3 heteroatoms. The minimum Gasteiger partial charge on any atom is -0.392 e. The Kier molecular flexibility index (Phi) is 3.74. The summed E-state index contributed by atoms with van der Waals surface area (Å²) in [4.78, 5) is 0. The lowest BCUT2D eigenvalue weighted by molar-refractivity contribution is -0.0749. The van der Waals surface area contributed by atoms with Gasteiger partial charge in [-0.05, 0) is 28.8 Å². The van der Waals surface area contributed by atoms with E-state index in [1.165, 1.54) is 5.39 Å². The van der Waals surface area contributed by atoms with Crippen molar-refractivity contribution in [2.75, 3.05) is 6.54 Å². The van der Waals surface area contributed by atoms with Gasteiger partial charge in [-0.25, -0.2) is 0 Å². The normalized spacial score (nSPS) is 25.5. The molecule has 1 saturated carbocycles. The molecule has 3 rings (SSSR count). The molecule has 112 valence electrons. The van der Waals surface area contributed by atoms with Crippen molar-refractivity contribution >= 4 is 10.8 Å². The average Bonchev–Trinajstić information content (AvgIpc) is 2.50. The summed E-state index contributed by atoms with van der Waals surface area (Å²) in [6.45, 7) is 4.63. The highest BCUT2D eigenvalue weighted by Crippen LogP contribution is 2.40. The highest BCUT2D eigenvalue weighted by molar-refractivity contribution is 5.83. The molecule has 2 aromatic carbocycles. The van der Waals surface area contributed by atoms with Crippen molar-refractivity contribution in [1.82, 2.24) is 5.32 Å². The molecule has 1 aliphatic carbocycles. The Hall–Kier alpha value is -1.42. The van der Waals surface area contributed by atoms with E-state index >= 15 is 0 Å². The van der Waals surface area contributed by atoms with E-state index in [4.69, 9.17) is 0 Å². The van der Waals surface area contributed by atoms with Gasteiger partial charge in [0.15, 0.2) is 0 Å². The van der Waals surface area contributed by atoms with Gasteiger partial charge in [-0.3, -0.25) is 0 Å². The molecular formula is C18H23NO2. The van der Waals surface area contributed by atoms with Crippen molar-refractivity contribution in [3.63, 3.8) is 0 Å².